The van der Waals surface area contributed by atoms with Gasteiger partial charge in [-0.05, 0) is 49.3 Å². The minimum absolute atomic E-state index is 0.604. The molecule has 4 heteroatoms. The Labute approximate surface area is 122 Å². The van der Waals surface area contributed by atoms with Gasteiger partial charge in [-0.2, -0.15) is 5.10 Å². The predicted octanol–water partition coefficient (Wildman–Crippen LogP) is 4.21. The molecule has 20 heavy (non-hydrogen) atoms. The number of hydrogen-bond acceptors (Lipinski definition) is 2. The van der Waals surface area contributed by atoms with E-state index >= 15 is 0 Å². The number of H-pyrrole nitrogens is 1. The third kappa shape index (κ3) is 2.18. The molecule has 1 heterocycles. The fourth-order valence-electron chi connectivity index (χ4n) is 2.18. The standard InChI is InChI=1S/C16H15N3S/c1-11-8-9-14(10-12(11)2)19-15(17-18-16(19)20)13-6-4-3-5-7-13/h3-10H,1-2H3,(H,18,20). The molecule has 0 aliphatic heterocycles. The van der Waals surface area contributed by atoms with E-state index in [1.807, 2.05) is 34.9 Å². The molecule has 0 fully saturated rings. The number of benzene rings is 2. The molecule has 0 aliphatic carbocycles. The smallest absolute Gasteiger partial charge is 0.200 e. The Morgan fingerprint density at radius 3 is 2.45 bits per heavy atom. The number of aromatic nitrogens is 3. The first kappa shape index (κ1) is 12.8. The summed E-state index contributed by atoms with van der Waals surface area (Å²) in [5, 5.41) is 7.24. The minimum atomic E-state index is 0.604. The van der Waals surface area contributed by atoms with Gasteiger partial charge in [0.25, 0.3) is 0 Å². The molecule has 0 saturated heterocycles. The first-order valence-electron chi connectivity index (χ1n) is 6.47. The molecule has 0 radical (unpaired) electrons. The van der Waals surface area contributed by atoms with Crippen LogP contribution in [0.2, 0.25) is 0 Å². The lowest BCUT2D eigenvalue weighted by Crippen LogP contribution is -1.98. The molecule has 2 aromatic carbocycles. The van der Waals surface area contributed by atoms with E-state index in [1.165, 1.54) is 11.1 Å². The summed E-state index contributed by atoms with van der Waals surface area (Å²) in [6.07, 6.45) is 0. The van der Waals surface area contributed by atoms with Crippen molar-refractivity contribution in [3.63, 3.8) is 0 Å². The molecule has 0 spiro atoms. The molecule has 0 bridgehead atoms. The summed E-state index contributed by atoms with van der Waals surface area (Å²) in [6, 6.07) is 16.4. The van der Waals surface area contributed by atoms with Crippen LogP contribution in [0.5, 0.6) is 0 Å². The van der Waals surface area contributed by atoms with Crippen molar-refractivity contribution < 1.29 is 0 Å². The van der Waals surface area contributed by atoms with E-state index in [4.69, 9.17) is 12.2 Å². The van der Waals surface area contributed by atoms with Gasteiger partial charge in [-0.1, -0.05) is 36.4 Å². The van der Waals surface area contributed by atoms with Gasteiger partial charge >= 0.3 is 0 Å². The molecule has 0 amide bonds. The summed E-state index contributed by atoms with van der Waals surface area (Å²) in [7, 11) is 0. The van der Waals surface area contributed by atoms with Crippen molar-refractivity contribution in [1.29, 1.82) is 0 Å². The van der Waals surface area contributed by atoms with E-state index in [0.717, 1.165) is 17.1 Å². The lowest BCUT2D eigenvalue weighted by molar-refractivity contribution is 1.03. The highest BCUT2D eigenvalue weighted by Gasteiger charge is 2.10. The molecule has 0 unspecified atom stereocenters. The van der Waals surface area contributed by atoms with Crippen molar-refractivity contribution in [2.75, 3.05) is 0 Å². The van der Waals surface area contributed by atoms with Gasteiger partial charge in [-0.3, -0.25) is 9.67 Å². The van der Waals surface area contributed by atoms with Crippen LogP contribution in [0, 0.1) is 18.6 Å². The Balaban J connectivity index is 2.22. The maximum atomic E-state index is 5.38. The highest BCUT2D eigenvalue weighted by molar-refractivity contribution is 7.71. The summed E-state index contributed by atoms with van der Waals surface area (Å²) in [6.45, 7) is 4.20. The number of nitrogens with one attached hydrogen (secondary N) is 1. The molecule has 0 aliphatic rings. The highest BCUT2D eigenvalue weighted by Crippen LogP contribution is 2.22. The number of aryl methyl sites for hydroxylation is 2. The van der Waals surface area contributed by atoms with Crippen molar-refractivity contribution in [2.24, 2.45) is 0 Å². The van der Waals surface area contributed by atoms with Gasteiger partial charge in [0.1, 0.15) is 0 Å². The molecular formula is C16H15N3S. The second-order valence-electron chi connectivity index (χ2n) is 4.82. The second-order valence-corrected chi connectivity index (χ2v) is 5.21. The lowest BCUT2D eigenvalue weighted by atomic mass is 10.1. The van der Waals surface area contributed by atoms with Crippen molar-refractivity contribution >= 4 is 12.2 Å². The predicted molar refractivity (Wildman–Crippen MR) is 83.7 cm³/mol. The maximum Gasteiger partial charge on any atom is 0.200 e. The average molecular weight is 281 g/mol. The van der Waals surface area contributed by atoms with E-state index < -0.39 is 0 Å². The number of rotatable bonds is 2. The molecule has 3 rings (SSSR count). The summed E-state index contributed by atoms with van der Waals surface area (Å²) in [4.78, 5) is 0. The minimum Gasteiger partial charge on any atom is -0.268 e. The van der Waals surface area contributed by atoms with Crippen molar-refractivity contribution in [2.45, 2.75) is 13.8 Å². The Hall–Kier alpha value is -2.20. The Bertz CT molecular complexity index is 800. The van der Waals surface area contributed by atoms with E-state index in [9.17, 15) is 0 Å². The Kier molecular flexibility index (Phi) is 3.24. The molecule has 100 valence electrons. The van der Waals surface area contributed by atoms with E-state index in [0.29, 0.717) is 4.77 Å². The van der Waals surface area contributed by atoms with Gasteiger partial charge in [-0.25, -0.2) is 0 Å². The first-order chi connectivity index (χ1) is 9.66. The zero-order chi connectivity index (χ0) is 14.1. The average Bonchev–Trinajstić information content (AvgIpc) is 2.85. The third-order valence-electron chi connectivity index (χ3n) is 3.45. The van der Waals surface area contributed by atoms with Crippen LogP contribution in [0.1, 0.15) is 11.1 Å². The monoisotopic (exact) mass is 281 g/mol. The quantitative estimate of drug-likeness (QED) is 0.714. The zero-order valence-corrected chi connectivity index (χ0v) is 12.2. The van der Waals surface area contributed by atoms with Gasteiger partial charge in [0, 0.05) is 5.56 Å². The van der Waals surface area contributed by atoms with Gasteiger partial charge in [0.15, 0.2) is 10.6 Å². The lowest BCUT2D eigenvalue weighted by Gasteiger charge is -2.09. The van der Waals surface area contributed by atoms with Crippen LogP contribution in [0.4, 0.5) is 0 Å². The normalized spacial score (nSPS) is 10.7. The summed E-state index contributed by atoms with van der Waals surface area (Å²) < 4.78 is 2.57. The number of nitrogens with zero attached hydrogens (tertiary/aromatic N) is 2. The van der Waals surface area contributed by atoms with Crippen LogP contribution >= 0.6 is 12.2 Å². The van der Waals surface area contributed by atoms with Gasteiger partial charge in [0.05, 0.1) is 5.69 Å². The number of hydrogen-bond donors (Lipinski definition) is 1. The van der Waals surface area contributed by atoms with Crippen LogP contribution in [-0.4, -0.2) is 14.8 Å². The molecule has 3 aromatic rings. The van der Waals surface area contributed by atoms with Crippen molar-refractivity contribution in [3.8, 4) is 17.1 Å². The first-order valence-corrected chi connectivity index (χ1v) is 6.88. The molecule has 1 aromatic heterocycles. The van der Waals surface area contributed by atoms with Gasteiger partial charge in [-0.15, -0.1) is 0 Å². The Morgan fingerprint density at radius 1 is 1.00 bits per heavy atom. The van der Waals surface area contributed by atoms with E-state index in [1.54, 1.807) is 0 Å². The SMILES string of the molecule is Cc1ccc(-n2c(-c3ccccc3)n[nH]c2=S)cc1C. The van der Waals surface area contributed by atoms with Crippen LogP contribution in [0.25, 0.3) is 17.1 Å². The molecule has 3 nitrogen and oxygen atoms in total. The molecule has 1 N–H and O–H groups in total. The van der Waals surface area contributed by atoms with Crippen LogP contribution < -0.4 is 0 Å². The van der Waals surface area contributed by atoms with Crippen LogP contribution in [-0.2, 0) is 0 Å². The topological polar surface area (TPSA) is 33.6 Å². The summed E-state index contributed by atoms with van der Waals surface area (Å²) in [5.74, 6) is 0.832. The van der Waals surface area contributed by atoms with E-state index in [2.05, 4.69) is 42.2 Å². The zero-order valence-electron chi connectivity index (χ0n) is 11.4. The number of aromatic amines is 1. The largest absolute Gasteiger partial charge is 0.268 e. The van der Waals surface area contributed by atoms with Gasteiger partial charge in [0.2, 0.25) is 0 Å². The van der Waals surface area contributed by atoms with E-state index in [-0.39, 0.29) is 0 Å². The summed E-state index contributed by atoms with van der Waals surface area (Å²) in [5.41, 5.74) is 4.58. The molecule has 0 saturated carbocycles. The van der Waals surface area contributed by atoms with Crippen molar-refractivity contribution in [1.82, 2.24) is 14.8 Å². The Morgan fingerprint density at radius 2 is 1.75 bits per heavy atom. The fourth-order valence-corrected chi connectivity index (χ4v) is 2.42. The molecular weight excluding hydrogens is 266 g/mol. The third-order valence-corrected chi connectivity index (χ3v) is 3.73. The van der Waals surface area contributed by atoms with Crippen molar-refractivity contribution in [3.05, 3.63) is 64.4 Å². The van der Waals surface area contributed by atoms with Gasteiger partial charge < -0.3 is 0 Å². The highest BCUT2D eigenvalue weighted by atomic mass is 32.1. The maximum absolute atomic E-state index is 5.38. The fraction of sp³-hybridized carbons (Fsp3) is 0.125. The van der Waals surface area contributed by atoms with Crippen LogP contribution in [0.15, 0.2) is 48.5 Å². The second kappa shape index (κ2) is 5.06. The summed E-state index contributed by atoms with van der Waals surface area (Å²) >= 11 is 5.38. The molecule has 0 atom stereocenters. The van der Waals surface area contributed by atoms with Crippen LogP contribution in [0.3, 0.4) is 0 Å².